The molecule has 3 aliphatic rings. The number of aliphatic carboxylic acids is 1. The SMILES string of the molecule is O=C1CC[C@H](c2ccc(N3CCC(C(=O)N4CCC(C(=O)O)CC4)CC3)nc2)C(=O)N1. The number of piperidine rings is 3. The van der Waals surface area contributed by atoms with Crippen LogP contribution in [-0.4, -0.2) is 64.9 Å². The highest BCUT2D eigenvalue weighted by Crippen LogP contribution is 2.28. The van der Waals surface area contributed by atoms with Crippen LogP contribution in [0.15, 0.2) is 18.3 Å². The maximum atomic E-state index is 12.8. The maximum absolute atomic E-state index is 12.8. The van der Waals surface area contributed by atoms with Crippen LogP contribution in [0.1, 0.15) is 50.0 Å². The van der Waals surface area contributed by atoms with E-state index in [1.54, 1.807) is 6.20 Å². The summed E-state index contributed by atoms with van der Waals surface area (Å²) in [5.41, 5.74) is 0.809. The van der Waals surface area contributed by atoms with Crippen LogP contribution in [-0.2, 0) is 19.2 Å². The minimum Gasteiger partial charge on any atom is -0.481 e. The van der Waals surface area contributed by atoms with Gasteiger partial charge in [-0.15, -0.1) is 0 Å². The fraction of sp³-hybridized carbons (Fsp3) is 0.591. The van der Waals surface area contributed by atoms with E-state index in [4.69, 9.17) is 5.11 Å². The molecule has 3 fully saturated rings. The van der Waals surface area contributed by atoms with E-state index in [9.17, 15) is 19.2 Å². The molecule has 0 saturated carbocycles. The summed E-state index contributed by atoms with van der Waals surface area (Å²) in [4.78, 5) is 55.8. The van der Waals surface area contributed by atoms with Crippen LogP contribution in [0, 0.1) is 11.8 Å². The molecule has 166 valence electrons. The van der Waals surface area contributed by atoms with Crippen molar-refractivity contribution >= 4 is 29.5 Å². The number of imide groups is 1. The van der Waals surface area contributed by atoms with Gasteiger partial charge in [0.05, 0.1) is 11.8 Å². The number of anilines is 1. The number of carboxylic acids is 1. The largest absolute Gasteiger partial charge is 0.481 e. The molecule has 3 amide bonds. The van der Waals surface area contributed by atoms with Gasteiger partial charge in [0.15, 0.2) is 0 Å². The Hall–Kier alpha value is -2.97. The molecule has 1 aromatic rings. The Morgan fingerprint density at radius 3 is 2.23 bits per heavy atom. The number of carbonyl (C=O) groups excluding carboxylic acids is 3. The number of carbonyl (C=O) groups is 4. The van der Waals surface area contributed by atoms with Gasteiger partial charge in [0.2, 0.25) is 17.7 Å². The summed E-state index contributed by atoms with van der Waals surface area (Å²) in [5, 5.41) is 11.5. The lowest BCUT2D eigenvalue weighted by Gasteiger charge is -2.37. The number of hydrogen-bond donors (Lipinski definition) is 2. The molecular weight excluding hydrogens is 400 g/mol. The monoisotopic (exact) mass is 428 g/mol. The highest BCUT2D eigenvalue weighted by Gasteiger charge is 2.33. The van der Waals surface area contributed by atoms with E-state index in [2.05, 4.69) is 15.2 Å². The Labute approximate surface area is 180 Å². The van der Waals surface area contributed by atoms with Gasteiger partial charge in [0, 0.05) is 44.7 Å². The molecule has 31 heavy (non-hydrogen) atoms. The van der Waals surface area contributed by atoms with Crippen molar-refractivity contribution in [1.82, 2.24) is 15.2 Å². The highest BCUT2D eigenvalue weighted by atomic mass is 16.4. The lowest BCUT2D eigenvalue weighted by molar-refractivity contribution is -0.147. The summed E-state index contributed by atoms with van der Waals surface area (Å²) in [6.45, 7) is 2.51. The topological polar surface area (TPSA) is 120 Å². The molecular formula is C22H28N4O5. The molecule has 3 saturated heterocycles. The summed E-state index contributed by atoms with van der Waals surface area (Å²) in [6.07, 6.45) is 5.10. The van der Waals surface area contributed by atoms with Gasteiger partial charge in [-0.3, -0.25) is 24.5 Å². The number of nitrogens with one attached hydrogen (secondary N) is 1. The zero-order valence-corrected chi connectivity index (χ0v) is 17.5. The molecule has 9 heteroatoms. The third kappa shape index (κ3) is 4.70. The number of hydrogen-bond acceptors (Lipinski definition) is 6. The molecule has 0 bridgehead atoms. The number of nitrogens with zero attached hydrogens (tertiary/aromatic N) is 3. The Morgan fingerprint density at radius 1 is 0.968 bits per heavy atom. The molecule has 1 atom stereocenters. The van der Waals surface area contributed by atoms with Crippen molar-refractivity contribution in [2.75, 3.05) is 31.1 Å². The average molecular weight is 428 g/mol. The Bertz CT molecular complexity index is 855. The van der Waals surface area contributed by atoms with Gasteiger partial charge in [0.1, 0.15) is 5.82 Å². The number of aromatic nitrogens is 1. The summed E-state index contributed by atoms with van der Waals surface area (Å²) in [7, 11) is 0. The summed E-state index contributed by atoms with van der Waals surface area (Å²) < 4.78 is 0. The average Bonchev–Trinajstić information content (AvgIpc) is 2.79. The molecule has 1 aromatic heterocycles. The zero-order valence-electron chi connectivity index (χ0n) is 17.5. The lowest BCUT2D eigenvalue weighted by Crippen LogP contribution is -2.46. The van der Waals surface area contributed by atoms with Crippen molar-refractivity contribution in [2.45, 2.75) is 44.4 Å². The first-order valence-electron chi connectivity index (χ1n) is 11.0. The van der Waals surface area contributed by atoms with Crippen LogP contribution >= 0.6 is 0 Å². The normalized spacial score (nSPS) is 23.5. The van der Waals surface area contributed by atoms with Crippen LogP contribution in [0.25, 0.3) is 0 Å². The van der Waals surface area contributed by atoms with Crippen molar-refractivity contribution in [1.29, 1.82) is 0 Å². The quantitative estimate of drug-likeness (QED) is 0.690. The first-order valence-corrected chi connectivity index (χ1v) is 11.0. The van der Waals surface area contributed by atoms with E-state index in [0.29, 0.717) is 38.8 Å². The summed E-state index contributed by atoms with van der Waals surface area (Å²) in [5.74, 6) is -0.995. The number of rotatable bonds is 4. The predicted octanol–water partition coefficient (Wildman–Crippen LogP) is 1.14. The van der Waals surface area contributed by atoms with E-state index >= 15 is 0 Å². The van der Waals surface area contributed by atoms with Gasteiger partial charge >= 0.3 is 5.97 Å². The molecule has 3 aliphatic heterocycles. The lowest BCUT2D eigenvalue weighted by atomic mass is 9.91. The predicted molar refractivity (Wildman–Crippen MR) is 111 cm³/mol. The van der Waals surface area contributed by atoms with Gasteiger partial charge in [-0.25, -0.2) is 4.98 Å². The third-order valence-electron chi connectivity index (χ3n) is 6.74. The molecule has 0 spiro atoms. The standard InChI is InChI=1S/C22H28N4O5/c27-19-4-2-17(20(28)24-19)16-1-3-18(23-13-16)25-9-5-14(6-10-25)21(29)26-11-7-15(8-12-26)22(30)31/h1,3,13-15,17H,2,4-12H2,(H,30,31)(H,24,27,28)/t17-/m1/s1. The summed E-state index contributed by atoms with van der Waals surface area (Å²) in [6, 6.07) is 3.80. The third-order valence-corrected chi connectivity index (χ3v) is 6.74. The van der Waals surface area contributed by atoms with E-state index in [0.717, 1.165) is 37.3 Å². The summed E-state index contributed by atoms with van der Waals surface area (Å²) >= 11 is 0. The number of pyridine rings is 1. The molecule has 0 aliphatic carbocycles. The second-order valence-corrected chi connectivity index (χ2v) is 8.65. The smallest absolute Gasteiger partial charge is 0.306 e. The second-order valence-electron chi connectivity index (χ2n) is 8.65. The molecule has 4 rings (SSSR count). The van der Waals surface area contributed by atoms with Gasteiger partial charge < -0.3 is 14.9 Å². The zero-order chi connectivity index (χ0) is 22.0. The number of likely N-dealkylation sites (tertiary alicyclic amines) is 1. The Kier molecular flexibility index (Phi) is 6.20. The van der Waals surface area contributed by atoms with Crippen LogP contribution in [0.2, 0.25) is 0 Å². The van der Waals surface area contributed by atoms with Crippen molar-refractivity contribution in [3.05, 3.63) is 23.9 Å². The Morgan fingerprint density at radius 2 is 1.65 bits per heavy atom. The second kappa shape index (κ2) is 9.03. The first kappa shape index (κ1) is 21.3. The van der Waals surface area contributed by atoms with E-state index in [1.165, 1.54) is 0 Å². The molecule has 2 N–H and O–H groups in total. The van der Waals surface area contributed by atoms with Crippen LogP contribution in [0.3, 0.4) is 0 Å². The number of amides is 3. The van der Waals surface area contributed by atoms with E-state index < -0.39 is 5.97 Å². The van der Waals surface area contributed by atoms with Gasteiger partial charge in [-0.1, -0.05) is 6.07 Å². The first-order chi connectivity index (χ1) is 14.9. The highest BCUT2D eigenvalue weighted by molar-refractivity contribution is 6.00. The molecule has 0 aromatic carbocycles. The maximum Gasteiger partial charge on any atom is 0.306 e. The van der Waals surface area contributed by atoms with Crippen molar-refractivity contribution in [2.24, 2.45) is 11.8 Å². The van der Waals surface area contributed by atoms with Crippen molar-refractivity contribution < 1.29 is 24.3 Å². The molecule has 0 unspecified atom stereocenters. The fourth-order valence-electron chi connectivity index (χ4n) is 4.76. The molecule has 0 radical (unpaired) electrons. The minimum absolute atomic E-state index is 0.0274. The fourth-order valence-corrected chi connectivity index (χ4v) is 4.76. The van der Waals surface area contributed by atoms with Gasteiger partial charge in [0.25, 0.3) is 0 Å². The van der Waals surface area contributed by atoms with Crippen molar-refractivity contribution in [3.8, 4) is 0 Å². The molecule has 9 nitrogen and oxygen atoms in total. The van der Waals surface area contributed by atoms with Crippen LogP contribution in [0.4, 0.5) is 5.82 Å². The van der Waals surface area contributed by atoms with Gasteiger partial charge in [-0.05, 0) is 43.7 Å². The van der Waals surface area contributed by atoms with Crippen LogP contribution < -0.4 is 10.2 Å². The number of carboxylic acid groups (broad SMARTS) is 1. The van der Waals surface area contributed by atoms with E-state index in [1.807, 2.05) is 17.0 Å². The van der Waals surface area contributed by atoms with Crippen molar-refractivity contribution in [3.63, 3.8) is 0 Å². The van der Waals surface area contributed by atoms with Crippen LogP contribution in [0.5, 0.6) is 0 Å². The molecule has 4 heterocycles. The van der Waals surface area contributed by atoms with Gasteiger partial charge in [-0.2, -0.15) is 0 Å². The van der Waals surface area contributed by atoms with E-state index in [-0.39, 0.29) is 35.5 Å². The Balaban J connectivity index is 1.29. The minimum atomic E-state index is -0.767.